The Kier molecular flexibility index (Phi) is 9.24. The molecule has 12 heteroatoms. The van der Waals surface area contributed by atoms with E-state index in [0.717, 1.165) is 28.0 Å². The lowest BCUT2D eigenvalue weighted by Gasteiger charge is -2.19. The highest BCUT2D eigenvalue weighted by Crippen LogP contribution is 2.42. The van der Waals surface area contributed by atoms with Crippen LogP contribution in [0.15, 0.2) is 95.2 Å². The molecule has 12 nitrogen and oxygen atoms in total. The van der Waals surface area contributed by atoms with Gasteiger partial charge in [0, 0.05) is 69.0 Å². The summed E-state index contributed by atoms with van der Waals surface area (Å²) < 4.78 is 23.5. The van der Waals surface area contributed by atoms with Crippen LogP contribution >= 0.6 is 0 Å². The fourth-order valence-electron chi connectivity index (χ4n) is 7.09. The van der Waals surface area contributed by atoms with Crippen LogP contribution in [0.25, 0.3) is 11.1 Å². The molecule has 4 aliphatic heterocycles. The summed E-state index contributed by atoms with van der Waals surface area (Å²) in [7, 11) is 4.96. The molecular weight excluding hydrogens is 686 g/mol. The van der Waals surface area contributed by atoms with Crippen LogP contribution in [0.5, 0.6) is 28.7 Å². The van der Waals surface area contributed by atoms with Crippen molar-refractivity contribution in [1.82, 2.24) is 9.80 Å². The Balaban J connectivity index is 0.909. The molecule has 0 aliphatic carbocycles. The Morgan fingerprint density at radius 2 is 1.15 bits per heavy atom. The summed E-state index contributed by atoms with van der Waals surface area (Å²) in [5.74, 6) is 1.65. The zero-order chi connectivity index (χ0) is 37.3. The lowest BCUT2D eigenvalue weighted by Crippen LogP contribution is -2.32. The van der Waals surface area contributed by atoms with Gasteiger partial charge in [0.15, 0.2) is 23.0 Å². The summed E-state index contributed by atoms with van der Waals surface area (Å²) in [4.78, 5) is 40.2. The Morgan fingerprint density at radius 1 is 0.685 bits per heavy atom. The molecule has 4 aromatic rings. The number of aliphatic imine (C=N–C) groups is 2. The van der Waals surface area contributed by atoms with E-state index in [9.17, 15) is 14.7 Å². The van der Waals surface area contributed by atoms with E-state index >= 15 is 0 Å². The number of carbonyl (C=O) groups excluding carboxylic acids is 2. The molecule has 0 aromatic heterocycles. The van der Waals surface area contributed by atoms with Gasteiger partial charge in [-0.05, 0) is 58.7 Å². The van der Waals surface area contributed by atoms with Crippen LogP contribution in [0.3, 0.4) is 0 Å². The lowest BCUT2D eigenvalue weighted by molar-refractivity contribution is 0.0809. The number of rotatable bonds is 11. The quantitative estimate of drug-likeness (QED) is 0.155. The van der Waals surface area contributed by atoms with Gasteiger partial charge in [0.2, 0.25) is 0 Å². The number of hydrogen-bond acceptors (Lipinski definition) is 10. The molecule has 4 aromatic carbocycles. The Bertz CT molecular complexity index is 2240. The van der Waals surface area contributed by atoms with E-state index in [-0.39, 0.29) is 29.6 Å². The first-order valence-electron chi connectivity index (χ1n) is 17.8. The summed E-state index contributed by atoms with van der Waals surface area (Å²) in [6.07, 6.45) is 9.16. The van der Waals surface area contributed by atoms with Crippen molar-refractivity contribution in [3.05, 3.63) is 107 Å². The predicted octanol–water partition coefficient (Wildman–Crippen LogP) is 7.24. The molecule has 0 radical (unpaired) electrons. The lowest BCUT2D eigenvalue weighted by atomic mass is 10.0. The van der Waals surface area contributed by atoms with Crippen LogP contribution in [0.4, 0.5) is 17.1 Å². The largest absolute Gasteiger partial charge is 0.508 e. The minimum atomic E-state index is -0.233. The summed E-state index contributed by atoms with van der Waals surface area (Å²) in [6.45, 7) is 0.601. The molecule has 4 heterocycles. The monoisotopic (exact) mass is 725 g/mol. The van der Waals surface area contributed by atoms with Gasteiger partial charge in [-0.1, -0.05) is 24.3 Å². The van der Waals surface area contributed by atoms with Crippen LogP contribution < -0.4 is 24.3 Å². The molecule has 274 valence electrons. The number of phenolic OH excluding ortho intramolecular Hbond substituents is 1. The molecule has 0 unspecified atom stereocenters. The van der Waals surface area contributed by atoms with E-state index in [2.05, 4.69) is 22.4 Å². The van der Waals surface area contributed by atoms with E-state index < -0.39 is 0 Å². The third-order valence-corrected chi connectivity index (χ3v) is 10.0. The number of fused-ring (bicyclic) bond motifs is 4. The van der Waals surface area contributed by atoms with E-state index in [1.807, 2.05) is 49.9 Å². The zero-order valence-electron chi connectivity index (χ0n) is 30.1. The summed E-state index contributed by atoms with van der Waals surface area (Å²) in [5, 5.41) is 12.8. The fraction of sp³-hybridized carbons (Fsp3) is 0.238. The molecule has 8 rings (SSSR count). The number of anilines is 1. The number of benzene rings is 4. The van der Waals surface area contributed by atoms with Gasteiger partial charge in [-0.2, -0.15) is 0 Å². The van der Waals surface area contributed by atoms with Crippen molar-refractivity contribution >= 4 is 52.5 Å². The molecule has 2 amide bonds. The molecule has 0 spiro atoms. The van der Waals surface area contributed by atoms with Gasteiger partial charge in [-0.25, -0.2) is 0 Å². The predicted molar refractivity (Wildman–Crippen MR) is 207 cm³/mol. The second-order valence-electron chi connectivity index (χ2n) is 13.3. The van der Waals surface area contributed by atoms with Gasteiger partial charge in [0.25, 0.3) is 11.8 Å². The maximum absolute atomic E-state index is 13.7. The van der Waals surface area contributed by atoms with Gasteiger partial charge in [0.05, 0.1) is 62.0 Å². The van der Waals surface area contributed by atoms with Gasteiger partial charge in [-0.3, -0.25) is 19.6 Å². The molecule has 0 bridgehead atoms. The highest BCUT2D eigenvalue weighted by atomic mass is 16.5. The van der Waals surface area contributed by atoms with Crippen LogP contribution in [-0.2, 0) is 0 Å². The minimum Gasteiger partial charge on any atom is -0.508 e. The maximum atomic E-state index is 13.7. The molecule has 0 fully saturated rings. The fourth-order valence-corrected chi connectivity index (χ4v) is 7.09. The van der Waals surface area contributed by atoms with Crippen molar-refractivity contribution in [1.29, 1.82) is 0 Å². The number of aromatic hydroxyl groups is 1. The summed E-state index contributed by atoms with van der Waals surface area (Å²) in [6, 6.07) is 21.5. The van der Waals surface area contributed by atoms with E-state index in [1.54, 1.807) is 59.5 Å². The van der Waals surface area contributed by atoms with E-state index in [4.69, 9.17) is 23.9 Å². The van der Waals surface area contributed by atoms with Gasteiger partial charge >= 0.3 is 0 Å². The van der Waals surface area contributed by atoms with Crippen molar-refractivity contribution in [2.24, 2.45) is 9.98 Å². The minimum absolute atomic E-state index is 0.149. The molecule has 54 heavy (non-hydrogen) atoms. The molecule has 2 N–H and O–H groups in total. The third kappa shape index (κ3) is 6.51. The van der Waals surface area contributed by atoms with Gasteiger partial charge < -0.3 is 39.2 Å². The first-order chi connectivity index (χ1) is 26.3. The van der Waals surface area contributed by atoms with Crippen LogP contribution in [0.2, 0.25) is 0 Å². The Morgan fingerprint density at radius 3 is 1.59 bits per heavy atom. The number of carbonyl (C=O) groups is 2. The number of ether oxygens (including phenoxy) is 4. The average molecular weight is 726 g/mol. The number of phenols is 1. The van der Waals surface area contributed by atoms with Crippen molar-refractivity contribution in [2.75, 3.05) is 39.8 Å². The second-order valence-corrected chi connectivity index (χ2v) is 13.3. The van der Waals surface area contributed by atoms with Crippen LogP contribution in [0, 0.1) is 0 Å². The van der Waals surface area contributed by atoms with E-state index in [1.165, 1.54) is 7.11 Å². The average Bonchev–Trinajstić information content (AvgIpc) is 3.78. The van der Waals surface area contributed by atoms with Crippen molar-refractivity contribution in [2.45, 2.75) is 31.3 Å². The Hall–Kier alpha value is -6.56. The normalized spacial score (nSPS) is 18.1. The number of methoxy groups -OCH3 is 2. The standard InChI is InChI=1S/C42H39N5O7/c1-43-29-9-5-25(6-10-29)27-15-30-21-44-35-19-39(37(51-2)17-33(35)41(49)46(30)23-27)53-13-4-14-54-40-20-36-34(18-38(40)52-3)42(50)47-24-28(16-31(47)22-45-36)26-7-11-32(48)12-8-26/h5-12,17-24,30-31,43,48H,4,13-16H2,1-3H3/t30-,31-/m0/s1. The van der Waals surface area contributed by atoms with Crippen molar-refractivity contribution in [3.8, 4) is 28.7 Å². The van der Waals surface area contributed by atoms with Gasteiger partial charge in [0.1, 0.15) is 5.75 Å². The maximum Gasteiger partial charge on any atom is 0.260 e. The summed E-state index contributed by atoms with van der Waals surface area (Å²) in [5.41, 5.74) is 6.97. The first kappa shape index (κ1) is 34.5. The topological polar surface area (TPSA) is 135 Å². The van der Waals surface area contributed by atoms with Crippen LogP contribution in [0.1, 0.15) is 51.1 Å². The molecule has 0 saturated heterocycles. The number of amides is 2. The first-order valence-corrected chi connectivity index (χ1v) is 17.8. The van der Waals surface area contributed by atoms with Crippen LogP contribution in [-0.4, -0.2) is 85.7 Å². The SMILES string of the molecule is CNc1ccc(C2=CN3C(=O)c4cc(OC)c(OCCCOc5cc6c(cc5OC)C(=O)N5C=C(c7ccc(O)cc7)C[C@H]5C=N6)cc4N=C[C@@H]3C2)cc1. The summed E-state index contributed by atoms with van der Waals surface area (Å²) >= 11 is 0. The highest BCUT2D eigenvalue weighted by Gasteiger charge is 2.35. The van der Waals surface area contributed by atoms with Crippen molar-refractivity contribution < 1.29 is 33.6 Å². The van der Waals surface area contributed by atoms with Crippen molar-refractivity contribution in [3.63, 3.8) is 0 Å². The number of nitrogens with one attached hydrogen (secondary N) is 1. The Labute approximate surface area is 312 Å². The van der Waals surface area contributed by atoms with Gasteiger partial charge in [-0.15, -0.1) is 0 Å². The molecule has 2 atom stereocenters. The number of hydrogen-bond donors (Lipinski definition) is 2. The highest BCUT2D eigenvalue weighted by molar-refractivity contribution is 6.06. The smallest absolute Gasteiger partial charge is 0.260 e. The second kappa shape index (κ2) is 14.5. The van der Waals surface area contributed by atoms with E-state index in [0.29, 0.717) is 78.0 Å². The molecule has 4 aliphatic rings. The third-order valence-electron chi connectivity index (χ3n) is 10.0. The number of nitrogens with zero attached hydrogens (tertiary/aromatic N) is 4. The molecule has 0 saturated carbocycles. The molecular formula is C42H39N5O7. The zero-order valence-corrected chi connectivity index (χ0v) is 30.1.